The number of carbonyl (C=O) groups is 1. The molecule has 1 N–H and O–H groups in total. The predicted molar refractivity (Wildman–Crippen MR) is 102 cm³/mol. The van der Waals surface area contributed by atoms with Crippen molar-refractivity contribution in [1.29, 1.82) is 0 Å². The van der Waals surface area contributed by atoms with Gasteiger partial charge < -0.3 is 19.7 Å². The van der Waals surface area contributed by atoms with Gasteiger partial charge in [-0.1, -0.05) is 6.07 Å². The van der Waals surface area contributed by atoms with Gasteiger partial charge in [-0.25, -0.2) is 13.2 Å². The summed E-state index contributed by atoms with van der Waals surface area (Å²) >= 11 is 0. The van der Waals surface area contributed by atoms with Gasteiger partial charge in [0.25, 0.3) is 0 Å². The fourth-order valence-corrected chi connectivity index (χ4v) is 5.19. The smallest absolute Gasteiger partial charge is 0.317 e. The minimum atomic E-state index is -2.99. The Morgan fingerprint density at radius 3 is 2.44 bits per heavy atom. The summed E-state index contributed by atoms with van der Waals surface area (Å²) in [6.07, 6.45) is 0.507. The maximum absolute atomic E-state index is 12.4. The zero-order valence-electron chi connectivity index (χ0n) is 15.8. The molecule has 3 rings (SSSR count). The summed E-state index contributed by atoms with van der Waals surface area (Å²) in [6.45, 7) is 3.56. The lowest BCUT2D eigenvalue weighted by atomic mass is 10.1. The van der Waals surface area contributed by atoms with Crippen molar-refractivity contribution in [1.82, 2.24) is 15.1 Å². The first-order chi connectivity index (χ1) is 12.9. The number of methoxy groups -OCH3 is 2. The van der Waals surface area contributed by atoms with Crippen LogP contribution < -0.4 is 14.8 Å². The van der Waals surface area contributed by atoms with E-state index in [-0.39, 0.29) is 23.6 Å². The van der Waals surface area contributed by atoms with Gasteiger partial charge in [0.2, 0.25) is 0 Å². The molecule has 2 aliphatic rings. The summed E-state index contributed by atoms with van der Waals surface area (Å²) < 4.78 is 33.6. The molecule has 150 valence electrons. The van der Waals surface area contributed by atoms with Gasteiger partial charge in [-0.05, 0) is 24.1 Å². The van der Waals surface area contributed by atoms with Crippen molar-refractivity contribution in [3.63, 3.8) is 0 Å². The lowest BCUT2D eigenvalue weighted by molar-refractivity contribution is 0.133. The third-order valence-corrected chi connectivity index (χ3v) is 6.84. The standard InChI is InChI=1S/C18H27N3O5S/c1-25-16-4-3-14(11-17(16)26-2)12-20-6-8-21(9-7-20)18(22)19-15-5-10-27(23,24)13-15/h3-4,11,15H,5-10,12-13H2,1-2H3,(H,19,22). The average molecular weight is 397 g/mol. The van der Waals surface area contributed by atoms with E-state index in [9.17, 15) is 13.2 Å². The van der Waals surface area contributed by atoms with Crippen LogP contribution in [0.5, 0.6) is 11.5 Å². The van der Waals surface area contributed by atoms with Gasteiger partial charge in [0, 0.05) is 38.8 Å². The molecule has 0 bridgehead atoms. The Kier molecular flexibility index (Phi) is 6.11. The first-order valence-electron chi connectivity index (χ1n) is 9.09. The number of urea groups is 1. The second-order valence-corrected chi connectivity index (χ2v) is 9.23. The number of sulfone groups is 1. The molecular formula is C18H27N3O5S. The lowest BCUT2D eigenvalue weighted by Crippen LogP contribution is -2.53. The minimum absolute atomic E-state index is 0.0536. The molecule has 0 radical (unpaired) electrons. The molecule has 0 aliphatic carbocycles. The molecule has 1 atom stereocenters. The number of piperazine rings is 1. The molecular weight excluding hydrogens is 370 g/mol. The Hall–Kier alpha value is -2.00. The van der Waals surface area contributed by atoms with Crippen LogP contribution in [0.3, 0.4) is 0 Å². The molecule has 9 heteroatoms. The van der Waals surface area contributed by atoms with E-state index < -0.39 is 9.84 Å². The Morgan fingerprint density at radius 1 is 1.15 bits per heavy atom. The summed E-state index contributed by atoms with van der Waals surface area (Å²) in [5.74, 6) is 1.63. The van der Waals surface area contributed by atoms with Crippen LogP contribution in [0.1, 0.15) is 12.0 Å². The third kappa shape index (κ3) is 5.04. The molecule has 27 heavy (non-hydrogen) atoms. The van der Waals surface area contributed by atoms with Crippen LogP contribution in [0.15, 0.2) is 18.2 Å². The van der Waals surface area contributed by atoms with Crippen LogP contribution in [0.4, 0.5) is 4.79 Å². The highest BCUT2D eigenvalue weighted by Crippen LogP contribution is 2.28. The fraction of sp³-hybridized carbons (Fsp3) is 0.611. The molecule has 1 unspecified atom stereocenters. The number of nitrogens with one attached hydrogen (secondary N) is 1. The number of amides is 2. The van der Waals surface area contributed by atoms with Crippen LogP contribution in [0, 0.1) is 0 Å². The van der Waals surface area contributed by atoms with Crippen LogP contribution >= 0.6 is 0 Å². The van der Waals surface area contributed by atoms with E-state index in [2.05, 4.69) is 10.2 Å². The van der Waals surface area contributed by atoms with Gasteiger partial charge in [0.15, 0.2) is 21.3 Å². The lowest BCUT2D eigenvalue weighted by Gasteiger charge is -2.35. The largest absolute Gasteiger partial charge is 0.493 e. The van der Waals surface area contributed by atoms with Crippen molar-refractivity contribution >= 4 is 15.9 Å². The van der Waals surface area contributed by atoms with Crippen LogP contribution in [-0.2, 0) is 16.4 Å². The Bertz CT molecular complexity index is 775. The van der Waals surface area contributed by atoms with Gasteiger partial charge >= 0.3 is 6.03 Å². The number of rotatable bonds is 5. The van der Waals surface area contributed by atoms with E-state index in [1.165, 1.54) is 0 Å². The predicted octanol–water partition coefficient (Wildman–Crippen LogP) is 0.718. The second-order valence-electron chi connectivity index (χ2n) is 7.00. The first-order valence-corrected chi connectivity index (χ1v) is 10.9. The van der Waals surface area contributed by atoms with Gasteiger partial charge in [-0.2, -0.15) is 0 Å². The molecule has 2 amide bonds. The highest BCUT2D eigenvalue weighted by molar-refractivity contribution is 7.91. The molecule has 2 fully saturated rings. The van der Waals surface area contributed by atoms with Crippen molar-refractivity contribution in [2.45, 2.75) is 19.0 Å². The highest BCUT2D eigenvalue weighted by Gasteiger charge is 2.30. The van der Waals surface area contributed by atoms with Crippen molar-refractivity contribution in [2.75, 3.05) is 51.9 Å². The summed E-state index contributed by atoms with van der Waals surface area (Å²) in [7, 11) is 0.247. The molecule has 1 aromatic carbocycles. The fourth-order valence-electron chi connectivity index (χ4n) is 3.52. The Morgan fingerprint density at radius 2 is 1.85 bits per heavy atom. The van der Waals surface area contributed by atoms with E-state index in [0.717, 1.165) is 25.2 Å². The zero-order chi connectivity index (χ0) is 19.4. The topological polar surface area (TPSA) is 88.2 Å². The number of hydrogen-bond acceptors (Lipinski definition) is 6. The highest BCUT2D eigenvalue weighted by atomic mass is 32.2. The van der Waals surface area contributed by atoms with E-state index in [0.29, 0.717) is 31.0 Å². The molecule has 2 aliphatic heterocycles. The Balaban J connectivity index is 1.48. The molecule has 0 aromatic heterocycles. The molecule has 2 saturated heterocycles. The summed E-state index contributed by atoms with van der Waals surface area (Å²) in [5.41, 5.74) is 1.13. The van der Waals surface area contributed by atoms with E-state index in [1.54, 1.807) is 19.1 Å². The van der Waals surface area contributed by atoms with Crippen molar-refractivity contribution in [3.8, 4) is 11.5 Å². The van der Waals surface area contributed by atoms with Crippen molar-refractivity contribution in [3.05, 3.63) is 23.8 Å². The van der Waals surface area contributed by atoms with Crippen molar-refractivity contribution in [2.24, 2.45) is 0 Å². The number of hydrogen-bond donors (Lipinski definition) is 1. The normalized spacial score (nSPS) is 22.4. The molecule has 0 spiro atoms. The summed E-state index contributed by atoms with van der Waals surface area (Å²) in [5, 5.41) is 2.86. The van der Waals surface area contributed by atoms with E-state index in [1.807, 2.05) is 18.2 Å². The molecule has 8 nitrogen and oxygen atoms in total. The summed E-state index contributed by atoms with van der Waals surface area (Å²) in [6, 6.07) is 5.46. The average Bonchev–Trinajstić information content (AvgIpc) is 3.00. The molecule has 2 heterocycles. The van der Waals surface area contributed by atoms with E-state index >= 15 is 0 Å². The van der Waals surface area contributed by atoms with Gasteiger partial charge in [0.05, 0.1) is 25.7 Å². The third-order valence-electron chi connectivity index (χ3n) is 5.07. The van der Waals surface area contributed by atoms with Gasteiger partial charge in [-0.15, -0.1) is 0 Å². The van der Waals surface area contributed by atoms with Crippen LogP contribution in [0.25, 0.3) is 0 Å². The molecule has 0 saturated carbocycles. The zero-order valence-corrected chi connectivity index (χ0v) is 16.6. The first kappa shape index (κ1) is 19.8. The van der Waals surface area contributed by atoms with E-state index in [4.69, 9.17) is 9.47 Å². The maximum atomic E-state index is 12.4. The number of ether oxygens (including phenoxy) is 2. The van der Waals surface area contributed by atoms with Crippen molar-refractivity contribution < 1.29 is 22.7 Å². The maximum Gasteiger partial charge on any atom is 0.317 e. The SMILES string of the molecule is COc1ccc(CN2CCN(C(=O)NC3CCS(=O)(=O)C3)CC2)cc1OC. The monoisotopic (exact) mass is 397 g/mol. The number of carbonyl (C=O) groups excluding carboxylic acids is 1. The van der Waals surface area contributed by atoms with Gasteiger partial charge in [-0.3, -0.25) is 4.90 Å². The van der Waals surface area contributed by atoms with Crippen LogP contribution in [-0.4, -0.2) is 82.2 Å². The molecule has 1 aromatic rings. The number of nitrogens with zero attached hydrogens (tertiary/aromatic N) is 2. The summed E-state index contributed by atoms with van der Waals surface area (Å²) in [4.78, 5) is 16.4. The Labute approximate surface area is 160 Å². The van der Waals surface area contributed by atoms with Gasteiger partial charge in [0.1, 0.15) is 0 Å². The second kappa shape index (κ2) is 8.35. The van der Waals surface area contributed by atoms with Crippen LogP contribution in [0.2, 0.25) is 0 Å². The quantitative estimate of drug-likeness (QED) is 0.788. The number of benzene rings is 1. The minimum Gasteiger partial charge on any atom is -0.493 e.